The normalized spacial score (nSPS) is 15.6. The lowest BCUT2D eigenvalue weighted by Gasteiger charge is -2.28. The SMILES string of the molecule is CCCCC/C=C\C/C=C\CCCCCCCCCCCC(=O)OC[C@H](COP(=O)([O-])OCC[N+](C)(C)C)OC(=O)CCC[C@H](O)[C@@H](O)/C=C/C=C/C=C\C=C\[C@@H](O)CCCCC. The first-order chi connectivity index (χ1) is 30.2. The smallest absolute Gasteiger partial charge is 0.306 e. The molecule has 0 amide bonds. The molecule has 13 heteroatoms. The van der Waals surface area contributed by atoms with Gasteiger partial charge in [-0.15, -0.1) is 0 Å². The van der Waals surface area contributed by atoms with Gasteiger partial charge in [0.05, 0.1) is 46.1 Å². The molecule has 0 heterocycles. The average Bonchev–Trinajstić information content (AvgIpc) is 3.23. The van der Waals surface area contributed by atoms with Crippen LogP contribution in [-0.4, -0.2) is 104 Å². The number of hydrogen-bond donors (Lipinski definition) is 3. The molecule has 0 bridgehead atoms. The number of unbranched alkanes of at least 4 members (excludes halogenated alkanes) is 14. The number of phosphoric acid groups is 1. The molecule has 0 aromatic rings. The maximum absolute atomic E-state index is 12.7. The van der Waals surface area contributed by atoms with E-state index in [0.717, 1.165) is 57.8 Å². The average molecular weight is 910 g/mol. The Morgan fingerprint density at radius 1 is 0.619 bits per heavy atom. The number of rotatable bonds is 42. The van der Waals surface area contributed by atoms with Crippen LogP contribution in [0.1, 0.15) is 162 Å². The summed E-state index contributed by atoms with van der Waals surface area (Å²) in [5.74, 6) is -1.17. The first kappa shape index (κ1) is 60.3. The third kappa shape index (κ3) is 43.0. The number of quaternary nitrogens is 1. The molecule has 0 saturated heterocycles. The molecule has 3 N–H and O–H groups in total. The van der Waals surface area contributed by atoms with E-state index in [2.05, 4.69) is 38.2 Å². The Labute approximate surface area is 382 Å². The third-order valence-corrected chi connectivity index (χ3v) is 11.0. The van der Waals surface area contributed by atoms with Crippen LogP contribution in [0, 0.1) is 0 Å². The molecule has 0 saturated carbocycles. The monoisotopic (exact) mass is 910 g/mol. The number of aliphatic hydroxyl groups is 3. The first-order valence-electron chi connectivity index (χ1n) is 24.0. The number of phosphoric ester groups is 1. The highest BCUT2D eigenvalue weighted by Crippen LogP contribution is 2.38. The maximum Gasteiger partial charge on any atom is 0.306 e. The summed E-state index contributed by atoms with van der Waals surface area (Å²) < 4.78 is 33.7. The fourth-order valence-corrected chi connectivity index (χ4v) is 6.85. The van der Waals surface area contributed by atoms with Crippen LogP contribution in [-0.2, 0) is 32.7 Å². The minimum Gasteiger partial charge on any atom is -0.756 e. The summed E-state index contributed by atoms with van der Waals surface area (Å²) >= 11 is 0. The van der Waals surface area contributed by atoms with Gasteiger partial charge >= 0.3 is 11.9 Å². The van der Waals surface area contributed by atoms with Crippen molar-refractivity contribution in [2.24, 2.45) is 0 Å². The number of allylic oxidation sites excluding steroid dienone is 10. The van der Waals surface area contributed by atoms with Gasteiger partial charge < -0.3 is 43.2 Å². The van der Waals surface area contributed by atoms with Crippen LogP contribution in [0.4, 0.5) is 0 Å². The van der Waals surface area contributed by atoms with Crippen molar-refractivity contribution in [3.63, 3.8) is 0 Å². The maximum atomic E-state index is 12.7. The van der Waals surface area contributed by atoms with Crippen LogP contribution in [0.5, 0.6) is 0 Å². The number of hydrogen-bond acceptors (Lipinski definition) is 11. The molecule has 0 aliphatic heterocycles. The number of ether oxygens (including phenoxy) is 2. The van der Waals surface area contributed by atoms with Crippen molar-refractivity contribution in [1.82, 2.24) is 0 Å². The van der Waals surface area contributed by atoms with E-state index in [-0.39, 0.29) is 38.9 Å². The standard InChI is InChI=1S/C50H88NO11P/c1-6-8-10-11-12-13-14-15-16-17-18-19-20-21-22-23-24-29-33-39-49(55)59-43-46(44-61-63(57,58)60-42-41-51(3,4)5)62-50(56)40-34-38-48(54)47(53)37-32-28-26-25-27-31-36-45(52)35-30-9-7-2/h12-13,15-16,25-28,31-32,36-37,45-48,52-54H,6-11,14,17-24,29-30,33-35,38-44H2,1-5H3/b13-12-,16-15-,27-25-,28-26+,36-31+,37-32+/t45-,46+,47-,48-/m0/s1. The van der Waals surface area contributed by atoms with Crippen molar-refractivity contribution >= 4 is 19.8 Å². The second-order valence-corrected chi connectivity index (χ2v) is 18.7. The minimum atomic E-state index is -4.73. The van der Waals surface area contributed by atoms with Gasteiger partial charge in [-0.1, -0.05) is 164 Å². The third-order valence-electron chi connectivity index (χ3n) is 10.1. The molecule has 0 fully saturated rings. The number of likely N-dealkylation sites (N-methyl/N-ethyl adjacent to an activating group) is 1. The number of nitrogens with zero attached hydrogens (tertiary/aromatic N) is 1. The minimum absolute atomic E-state index is 0.0945. The van der Waals surface area contributed by atoms with Gasteiger partial charge in [0, 0.05) is 12.8 Å². The summed E-state index contributed by atoms with van der Waals surface area (Å²) in [5.41, 5.74) is 0. The Morgan fingerprint density at radius 3 is 1.78 bits per heavy atom. The number of carbonyl (C=O) groups is 2. The molecule has 0 aromatic heterocycles. The van der Waals surface area contributed by atoms with Crippen molar-refractivity contribution in [3.8, 4) is 0 Å². The van der Waals surface area contributed by atoms with Crippen LogP contribution in [0.3, 0.4) is 0 Å². The van der Waals surface area contributed by atoms with Gasteiger partial charge in [0.25, 0.3) is 7.82 Å². The van der Waals surface area contributed by atoms with E-state index in [1.807, 2.05) is 21.1 Å². The van der Waals surface area contributed by atoms with Crippen molar-refractivity contribution in [1.29, 1.82) is 0 Å². The highest BCUT2D eigenvalue weighted by molar-refractivity contribution is 7.45. The van der Waals surface area contributed by atoms with E-state index < -0.39 is 50.8 Å². The largest absolute Gasteiger partial charge is 0.756 e. The molecule has 0 radical (unpaired) electrons. The van der Waals surface area contributed by atoms with Gasteiger partial charge in [-0.3, -0.25) is 14.2 Å². The van der Waals surface area contributed by atoms with Gasteiger partial charge in [-0.2, -0.15) is 0 Å². The highest BCUT2D eigenvalue weighted by Gasteiger charge is 2.22. The molecule has 12 nitrogen and oxygen atoms in total. The summed E-state index contributed by atoms with van der Waals surface area (Å²) in [6.45, 7) is 3.68. The Bertz CT molecular complexity index is 1350. The quantitative estimate of drug-likeness (QED) is 0.0133. The topological polar surface area (TPSA) is 172 Å². The molecule has 63 heavy (non-hydrogen) atoms. The summed E-state index contributed by atoms with van der Waals surface area (Å²) in [6.07, 6.45) is 40.0. The van der Waals surface area contributed by atoms with Crippen LogP contribution in [0.2, 0.25) is 0 Å². The number of aliphatic hydroxyl groups excluding tert-OH is 3. The lowest BCUT2D eigenvalue weighted by molar-refractivity contribution is -0.870. The molecule has 364 valence electrons. The Morgan fingerprint density at radius 2 is 1.16 bits per heavy atom. The van der Waals surface area contributed by atoms with Crippen LogP contribution in [0.15, 0.2) is 72.9 Å². The molecule has 0 aliphatic carbocycles. The summed E-state index contributed by atoms with van der Waals surface area (Å²) in [4.78, 5) is 37.7. The van der Waals surface area contributed by atoms with Crippen molar-refractivity contribution in [3.05, 3.63) is 72.9 Å². The second kappa shape index (κ2) is 40.8. The predicted octanol–water partition coefficient (Wildman–Crippen LogP) is 10.1. The lowest BCUT2D eigenvalue weighted by atomic mass is 10.1. The molecule has 0 spiro atoms. The zero-order chi connectivity index (χ0) is 46.9. The molecule has 0 aliphatic rings. The molecule has 5 atom stereocenters. The molecule has 0 rings (SSSR count). The number of esters is 2. The molecule has 0 aromatic carbocycles. The fraction of sp³-hybridized carbons (Fsp3) is 0.720. The molecule has 1 unspecified atom stereocenters. The van der Waals surface area contributed by atoms with E-state index in [0.29, 0.717) is 17.4 Å². The summed E-state index contributed by atoms with van der Waals surface area (Å²) in [6, 6.07) is 0. The zero-order valence-corrected chi connectivity index (χ0v) is 40.7. The summed E-state index contributed by atoms with van der Waals surface area (Å²) in [7, 11) is 0.937. The van der Waals surface area contributed by atoms with Gasteiger partial charge in [0.15, 0.2) is 6.10 Å². The van der Waals surface area contributed by atoms with Crippen LogP contribution < -0.4 is 4.89 Å². The van der Waals surface area contributed by atoms with Crippen molar-refractivity contribution in [2.45, 2.75) is 186 Å². The highest BCUT2D eigenvalue weighted by atomic mass is 31.2. The van der Waals surface area contributed by atoms with Gasteiger partial charge in [-0.25, -0.2) is 0 Å². The van der Waals surface area contributed by atoms with Crippen LogP contribution in [0.25, 0.3) is 0 Å². The van der Waals surface area contributed by atoms with E-state index in [4.69, 9.17) is 18.5 Å². The van der Waals surface area contributed by atoms with E-state index in [9.17, 15) is 34.4 Å². The van der Waals surface area contributed by atoms with E-state index in [1.165, 1.54) is 63.9 Å². The lowest BCUT2D eigenvalue weighted by Crippen LogP contribution is -2.37. The Hall–Kier alpha value is -2.67. The van der Waals surface area contributed by atoms with Gasteiger partial charge in [-0.05, 0) is 57.8 Å². The Balaban J connectivity index is 4.62. The second-order valence-electron chi connectivity index (χ2n) is 17.3. The van der Waals surface area contributed by atoms with E-state index in [1.54, 1.807) is 42.5 Å². The zero-order valence-electron chi connectivity index (χ0n) is 39.8. The fourth-order valence-electron chi connectivity index (χ4n) is 6.13. The van der Waals surface area contributed by atoms with Gasteiger partial charge in [0.2, 0.25) is 0 Å². The first-order valence-corrected chi connectivity index (χ1v) is 25.4. The van der Waals surface area contributed by atoms with Crippen molar-refractivity contribution in [2.75, 3.05) is 47.5 Å². The van der Waals surface area contributed by atoms with Crippen molar-refractivity contribution < 1.29 is 57.4 Å². The van der Waals surface area contributed by atoms with E-state index >= 15 is 0 Å². The summed E-state index contributed by atoms with van der Waals surface area (Å²) in [5, 5.41) is 30.6. The molecular weight excluding hydrogens is 822 g/mol. The molecular formula is C50H88NO11P. The Kier molecular flexibility index (Phi) is 39.1. The van der Waals surface area contributed by atoms with Crippen LogP contribution >= 0.6 is 7.82 Å². The predicted molar refractivity (Wildman–Crippen MR) is 254 cm³/mol. The number of carbonyl (C=O) groups excluding carboxylic acids is 2. The van der Waals surface area contributed by atoms with Gasteiger partial charge in [0.1, 0.15) is 19.8 Å².